The summed E-state index contributed by atoms with van der Waals surface area (Å²) in [5.74, 6) is -0.659. The second kappa shape index (κ2) is 6.53. The van der Waals surface area contributed by atoms with Gasteiger partial charge in [0.2, 0.25) is 0 Å². The molecule has 0 aliphatic carbocycles. The van der Waals surface area contributed by atoms with E-state index in [0.29, 0.717) is 6.54 Å². The summed E-state index contributed by atoms with van der Waals surface area (Å²) in [6.45, 7) is 3.52. The molecular weight excluding hydrogens is 295 g/mol. The summed E-state index contributed by atoms with van der Waals surface area (Å²) in [4.78, 5) is 38.4. The number of amides is 3. The van der Waals surface area contributed by atoms with E-state index in [9.17, 15) is 14.4 Å². The van der Waals surface area contributed by atoms with E-state index in [0.717, 1.165) is 10.9 Å². The van der Waals surface area contributed by atoms with Crippen LogP contribution in [0.15, 0.2) is 11.1 Å². The van der Waals surface area contributed by atoms with Gasteiger partial charge in [-0.3, -0.25) is 19.5 Å². The van der Waals surface area contributed by atoms with Gasteiger partial charge in [-0.05, 0) is 13.8 Å². The Hall–Kier alpha value is -1.60. The first-order valence-electron chi connectivity index (χ1n) is 5.39. The molecule has 1 rings (SSSR count). The predicted octanol–water partition coefficient (Wildman–Crippen LogP) is 0.957. The van der Waals surface area contributed by atoms with Crippen molar-refractivity contribution in [1.82, 2.24) is 20.2 Å². The normalized spacial score (nSPS) is 11.8. The molecule has 0 saturated heterocycles. The van der Waals surface area contributed by atoms with Crippen LogP contribution in [0.25, 0.3) is 0 Å². The first-order valence-corrected chi connectivity index (χ1v) is 6.14. The van der Waals surface area contributed by atoms with Crippen molar-refractivity contribution in [1.29, 1.82) is 0 Å². The van der Waals surface area contributed by atoms with Gasteiger partial charge in [-0.15, -0.1) is 0 Å². The fourth-order valence-corrected chi connectivity index (χ4v) is 1.52. The lowest BCUT2D eigenvalue weighted by molar-refractivity contribution is -0.122. The molecule has 2 N–H and O–H groups in total. The van der Waals surface area contributed by atoms with Crippen molar-refractivity contribution in [3.63, 3.8) is 0 Å². The highest BCUT2D eigenvalue weighted by Gasteiger charge is 2.20. The first-order chi connectivity index (χ1) is 8.88. The second-order valence-electron chi connectivity index (χ2n) is 3.59. The third-order valence-corrected chi connectivity index (χ3v) is 2.99. The molecule has 104 valence electrons. The average Bonchev–Trinajstić information content (AvgIpc) is 2.35. The summed E-state index contributed by atoms with van der Waals surface area (Å²) < 4.78 is 0.989. The minimum atomic E-state index is -0.947. The third-order valence-electron chi connectivity index (χ3n) is 2.27. The number of carbonyl (C=O) groups is 2. The van der Waals surface area contributed by atoms with Crippen LogP contribution in [-0.2, 0) is 4.79 Å². The van der Waals surface area contributed by atoms with Crippen LogP contribution in [0.5, 0.6) is 0 Å². The monoisotopic (exact) mass is 306 g/mol. The molecule has 0 radical (unpaired) electrons. The lowest BCUT2D eigenvalue weighted by Gasteiger charge is -2.14. The van der Waals surface area contributed by atoms with Gasteiger partial charge in [0.05, 0.1) is 0 Å². The van der Waals surface area contributed by atoms with Crippen LogP contribution < -0.4 is 16.2 Å². The molecule has 0 bridgehead atoms. The van der Waals surface area contributed by atoms with Crippen LogP contribution in [0.4, 0.5) is 4.79 Å². The maximum Gasteiger partial charge on any atom is 0.321 e. The Balaban J connectivity index is 2.92. The van der Waals surface area contributed by atoms with Gasteiger partial charge in [-0.25, -0.2) is 9.78 Å². The van der Waals surface area contributed by atoms with Crippen molar-refractivity contribution in [2.45, 2.75) is 19.9 Å². The van der Waals surface area contributed by atoms with Crippen molar-refractivity contribution < 1.29 is 9.59 Å². The van der Waals surface area contributed by atoms with E-state index < -0.39 is 23.5 Å². The quantitative estimate of drug-likeness (QED) is 0.813. The largest absolute Gasteiger partial charge is 0.338 e. The van der Waals surface area contributed by atoms with Gasteiger partial charge < -0.3 is 5.32 Å². The van der Waals surface area contributed by atoms with E-state index >= 15 is 0 Å². The summed E-state index contributed by atoms with van der Waals surface area (Å²) >= 11 is 11.2. The maximum atomic E-state index is 11.8. The molecule has 1 aromatic rings. The Morgan fingerprint density at radius 1 is 1.47 bits per heavy atom. The molecule has 0 saturated carbocycles. The van der Waals surface area contributed by atoms with Gasteiger partial charge in [0.1, 0.15) is 17.4 Å². The number of halogens is 2. The van der Waals surface area contributed by atoms with Crippen LogP contribution in [0, 0.1) is 0 Å². The topological polar surface area (TPSA) is 93.1 Å². The van der Waals surface area contributed by atoms with E-state index in [1.165, 1.54) is 6.92 Å². The molecule has 0 aromatic carbocycles. The third kappa shape index (κ3) is 3.68. The molecule has 1 unspecified atom stereocenters. The minimum Gasteiger partial charge on any atom is -0.338 e. The molecule has 0 fully saturated rings. The number of nitrogens with one attached hydrogen (secondary N) is 2. The summed E-state index contributed by atoms with van der Waals surface area (Å²) in [5, 5.41) is 4.07. The fraction of sp³-hybridized carbons (Fsp3) is 0.400. The van der Waals surface area contributed by atoms with Gasteiger partial charge in [-0.1, -0.05) is 23.2 Å². The van der Waals surface area contributed by atoms with Crippen molar-refractivity contribution in [3.05, 3.63) is 26.9 Å². The lowest BCUT2D eigenvalue weighted by Crippen LogP contribution is -2.43. The van der Waals surface area contributed by atoms with Gasteiger partial charge in [-0.2, -0.15) is 0 Å². The fourth-order valence-electron chi connectivity index (χ4n) is 1.25. The summed E-state index contributed by atoms with van der Waals surface area (Å²) in [5.41, 5.74) is -0.653. The number of carbonyl (C=O) groups excluding carboxylic acids is 2. The van der Waals surface area contributed by atoms with Crippen LogP contribution in [0.3, 0.4) is 0 Å². The number of aromatic nitrogens is 2. The smallest absolute Gasteiger partial charge is 0.321 e. The Labute approximate surface area is 118 Å². The van der Waals surface area contributed by atoms with Crippen molar-refractivity contribution in [3.8, 4) is 0 Å². The molecule has 19 heavy (non-hydrogen) atoms. The molecular formula is C10H12Cl2N4O3. The first kappa shape index (κ1) is 15.5. The summed E-state index contributed by atoms with van der Waals surface area (Å²) in [7, 11) is 0. The Morgan fingerprint density at radius 2 is 2.11 bits per heavy atom. The van der Waals surface area contributed by atoms with E-state index in [4.69, 9.17) is 23.2 Å². The predicted molar refractivity (Wildman–Crippen MR) is 70.4 cm³/mol. The second-order valence-corrected chi connectivity index (χ2v) is 4.32. The Morgan fingerprint density at radius 3 is 2.68 bits per heavy atom. The number of imide groups is 1. The highest BCUT2D eigenvalue weighted by molar-refractivity contribution is 6.40. The molecule has 0 aliphatic rings. The Kier molecular flexibility index (Phi) is 5.31. The molecule has 1 atom stereocenters. The summed E-state index contributed by atoms with van der Waals surface area (Å²) in [6.07, 6.45) is 1.10. The van der Waals surface area contributed by atoms with Crippen molar-refractivity contribution in [2.24, 2.45) is 0 Å². The molecule has 1 heterocycles. The van der Waals surface area contributed by atoms with Gasteiger partial charge in [0.15, 0.2) is 5.15 Å². The zero-order chi connectivity index (χ0) is 14.6. The van der Waals surface area contributed by atoms with E-state index in [1.54, 1.807) is 6.92 Å². The van der Waals surface area contributed by atoms with Crippen molar-refractivity contribution in [2.75, 3.05) is 6.54 Å². The van der Waals surface area contributed by atoms with Gasteiger partial charge in [0.25, 0.3) is 11.5 Å². The molecule has 3 amide bonds. The standard InChI is InChI=1S/C10H12Cl2N4O3/c1-3-13-10(19)15-8(17)5(2)16-4-14-7(12)6(11)9(16)18/h4-5H,3H2,1-2H3,(H2,13,15,17,19). The van der Waals surface area contributed by atoms with Gasteiger partial charge >= 0.3 is 6.03 Å². The number of nitrogens with zero attached hydrogens (tertiary/aromatic N) is 2. The minimum absolute atomic E-state index is 0.140. The SMILES string of the molecule is CCNC(=O)NC(=O)C(C)n1cnc(Cl)c(Cl)c1=O. The highest BCUT2D eigenvalue weighted by Crippen LogP contribution is 2.14. The summed E-state index contributed by atoms with van der Waals surface area (Å²) in [6, 6.07) is -1.59. The lowest BCUT2D eigenvalue weighted by atomic mass is 10.3. The average molecular weight is 307 g/mol. The maximum absolute atomic E-state index is 11.8. The Bertz CT molecular complexity index is 558. The molecule has 7 nitrogen and oxygen atoms in total. The van der Waals surface area contributed by atoms with E-state index in [2.05, 4.69) is 15.6 Å². The van der Waals surface area contributed by atoms with Gasteiger partial charge in [0, 0.05) is 6.54 Å². The van der Waals surface area contributed by atoms with E-state index in [1.807, 2.05) is 0 Å². The zero-order valence-corrected chi connectivity index (χ0v) is 11.7. The van der Waals surface area contributed by atoms with Crippen LogP contribution in [0.2, 0.25) is 10.2 Å². The van der Waals surface area contributed by atoms with Crippen LogP contribution in [0.1, 0.15) is 19.9 Å². The zero-order valence-electron chi connectivity index (χ0n) is 10.2. The number of rotatable bonds is 3. The molecule has 1 aromatic heterocycles. The number of hydrogen-bond donors (Lipinski definition) is 2. The number of hydrogen-bond acceptors (Lipinski definition) is 4. The highest BCUT2D eigenvalue weighted by atomic mass is 35.5. The van der Waals surface area contributed by atoms with Crippen LogP contribution in [-0.4, -0.2) is 28.0 Å². The molecule has 0 aliphatic heterocycles. The number of urea groups is 1. The van der Waals surface area contributed by atoms with E-state index in [-0.39, 0.29) is 10.2 Å². The van der Waals surface area contributed by atoms with Crippen LogP contribution >= 0.6 is 23.2 Å². The molecule has 0 spiro atoms. The van der Waals surface area contributed by atoms with Crippen molar-refractivity contribution >= 4 is 35.1 Å². The molecule has 9 heteroatoms.